The highest BCUT2D eigenvalue weighted by Gasteiger charge is 2.11. The second kappa shape index (κ2) is 22.4. The van der Waals surface area contributed by atoms with Gasteiger partial charge in [0.25, 0.3) is 0 Å². The molecule has 0 fully saturated rings. The maximum Gasteiger partial charge on any atom is 0.343 e. The SMILES string of the molecule is C=C(C)C(=O)OCCCCCCOc1ccc(C(=O)Oc2ccc(-c3ccc(C(=O)OCCCCCCOC(=O)CCC=O)cc3)cc2)cc1. The van der Waals surface area contributed by atoms with Crippen LogP contribution in [0.15, 0.2) is 84.9 Å². The van der Waals surface area contributed by atoms with E-state index in [1.165, 1.54) is 0 Å². The lowest BCUT2D eigenvalue weighted by molar-refractivity contribution is -0.144. The van der Waals surface area contributed by atoms with Crippen molar-refractivity contribution < 1.29 is 47.7 Å². The highest BCUT2D eigenvalue weighted by atomic mass is 16.5. The molecule has 0 aliphatic carbocycles. The van der Waals surface area contributed by atoms with E-state index in [9.17, 15) is 24.0 Å². The summed E-state index contributed by atoms with van der Waals surface area (Å²) in [5.74, 6) is -0.519. The first kappa shape index (κ1) is 39.2. The van der Waals surface area contributed by atoms with Crippen molar-refractivity contribution in [2.24, 2.45) is 0 Å². The molecule has 10 heteroatoms. The topological polar surface area (TPSA) is 132 Å². The van der Waals surface area contributed by atoms with Crippen molar-refractivity contribution in [1.82, 2.24) is 0 Å². The maximum absolute atomic E-state index is 12.7. The third kappa shape index (κ3) is 14.9. The molecule has 0 amide bonds. The molecule has 0 aliphatic rings. The Morgan fingerprint density at radius 1 is 0.580 bits per heavy atom. The van der Waals surface area contributed by atoms with Gasteiger partial charge in [0.05, 0.1) is 44.0 Å². The van der Waals surface area contributed by atoms with Crippen molar-refractivity contribution >= 4 is 30.2 Å². The molecule has 0 saturated heterocycles. The predicted molar refractivity (Wildman–Crippen MR) is 188 cm³/mol. The fourth-order valence-corrected chi connectivity index (χ4v) is 4.64. The highest BCUT2D eigenvalue weighted by molar-refractivity contribution is 5.91. The average Bonchev–Trinajstić information content (AvgIpc) is 3.13. The molecule has 266 valence electrons. The molecule has 3 aromatic carbocycles. The van der Waals surface area contributed by atoms with Crippen LogP contribution in [0.2, 0.25) is 0 Å². The van der Waals surface area contributed by atoms with Gasteiger partial charge < -0.3 is 28.5 Å². The van der Waals surface area contributed by atoms with Crippen molar-refractivity contribution in [3.05, 3.63) is 96.1 Å². The van der Waals surface area contributed by atoms with Crippen molar-refractivity contribution in [3.8, 4) is 22.6 Å². The summed E-state index contributed by atoms with van der Waals surface area (Å²) in [5.41, 5.74) is 3.05. The predicted octanol–water partition coefficient (Wildman–Crippen LogP) is 7.87. The summed E-state index contributed by atoms with van der Waals surface area (Å²) in [4.78, 5) is 58.1. The number of aldehydes is 1. The Bertz CT molecular complexity index is 1530. The van der Waals surface area contributed by atoms with Gasteiger partial charge >= 0.3 is 23.9 Å². The normalized spacial score (nSPS) is 10.5. The van der Waals surface area contributed by atoms with Gasteiger partial charge in [0.15, 0.2) is 0 Å². The van der Waals surface area contributed by atoms with Crippen LogP contribution in [0.3, 0.4) is 0 Å². The first-order chi connectivity index (χ1) is 24.3. The minimum absolute atomic E-state index is 0.113. The highest BCUT2D eigenvalue weighted by Crippen LogP contribution is 2.24. The fraction of sp³-hybridized carbons (Fsp3) is 0.375. The van der Waals surface area contributed by atoms with Crippen molar-refractivity contribution in [3.63, 3.8) is 0 Å². The van der Waals surface area contributed by atoms with Gasteiger partial charge in [-0.3, -0.25) is 4.79 Å². The number of carbonyl (C=O) groups excluding carboxylic acids is 5. The molecule has 0 unspecified atom stereocenters. The molecule has 0 aromatic heterocycles. The van der Waals surface area contributed by atoms with E-state index in [0.29, 0.717) is 67.3 Å². The zero-order valence-electron chi connectivity index (χ0n) is 28.7. The van der Waals surface area contributed by atoms with E-state index in [2.05, 4.69) is 6.58 Å². The molecule has 0 radical (unpaired) electrons. The van der Waals surface area contributed by atoms with Gasteiger partial charge in [-0.2, -0.15) is 0 Å². The summed E-state index contributed by atoms with van der Waals surface area (Å²) in [5, 5.41) is 0. The number of hydrogen-bond acceptors (Lipinski definition) is 10. The van der Waals surface area contributed by atoms with Crippen molar-refractivity contribution in [2.45, 2.75) is 71.1 Å². The first-order valence-electron chi connectivity index (χ1n) is 17.0. The van der Waals surface area contributed by atoms with Crippen LogP contribution in [0.5, 0.6) is 11.5 Å². The first-order valence-corrected chi connectivity index (χ1v) is 17.0. The summed E-state index contributed by atoms with van der Waals surface area (Å²) >= 11 is 0. The molecular weight excluding hydrogens is 640 g/mol. The van der Waals surface area contributed by atoms with E-state index in [0.717, 1.165) is 56.1 Å². The zero-order chi connectivity index (χ0) is 36.0. The molecule has 50 heavy (non-hydrogen) atoms. The third-order valence-electron chi connectivity index (χ3n) is 7.50. The smallest absolute Gasteiger partial charge is 0.343 e. The number of hydrogen-bond donors (Lipinski definition) is 0. The summed E-state index contributed by atoms with van der Waals surface area (Å²) in [7, 11) is 0. The van der Waals surface area contributed by atoms with Gasteiger partial charge in [0.2, 0.25) is 0 Å². The molecule has 3 aromatic rings. The van der Waals surface area contributed by atoms with Crippen LogP contribution in [0.25, 0.3) is 11.1 Å². The molecule has 0 spiro atoms. The lowest BCUT2D eigenvalue weighted by atomic mass is 10.0. The Balaban J connectivity index is 1.31. The summed E-state index contributed by atoms with van der Waals surface area (Å²) in [6, 6.07) is 21.0. The van der Waals surface area contributed by atoms with E-state index >= 15 is 0 Å². The van der Waals surface area contributed by atoms with Gasteiger partial charge in [0, 0.05) is 12.0 Å². The summed E-state index contributed by atoms with van der Waals surface area (Å²) in [6.45, 7) is 6.75. The van der Waals surface area contributed by atoms with E-state index in [4.69, 9.17) is 23.7 Å². The van der Waals surface area contributed by atoms with Gasteiger partial charge in [-0.05, 0) is 118 Å². The van der Waals surface area contributed by atoms with Crippen molar-refractivity contribution in [2.75, 3.05) is 26.4 Å². The molecule has 3 rings (SSSR count). The lowest BCUT2D eigenvalue weighted by Gasteiger charge is -2.09. The molecular formula is C40H46O10. The third-order valence-corrected chi connectivity index (χ3v) is 7.50. The summed E-state index contributed by atoms with van der Waals surface area (Å²) in [6.07, 6.45) is 7.64. The van der Waals surface area contributed by atoms with Crippen LogP contribution >= 0.6 is 0 Å². The monoisotopic (exact) mass is 686 g/mol. The molecule has 0 atom stereocenters. The van der Waals surface area contributed by atoms with Crippen LogP contribution in [0, 0.1) is 0 Å². The van der Waals surface area contributed by atoms with Gasteiger partial charge in [-0.1, -0.05) is 30.8 Å². The Kier molecular flexibility index (Phi) is 17.6. The minimum atomic E-state index is -0.479. The molecule has 10 nitrogen and oxygen atoms in total. The van der Waals surface area contributed by atoms with Crippen LogP contribution in [-0.2, 0) is 28.6 Å². The van der Waals surface area contributed by atoms with Crippen LogP contribution in [-0.4, -0.2) is 56.6 Å². The lowest BCUT2D eigenvalue weighted by Crippen LogP contribution is -2.08. The number of rotatable bonds is 23. The molecule has 0 N–H and O–H groups in total. The standard InChI is InChI=1S/C40H46O10/c1-30(2)38(43)48-28-9-5-3-7-26-46-35-21-19-34(20-22-35)40(45)50-36-23-17-32(18-24-36)31-13-15-33(16-14-31)39(44)49-29-10-6-4-8-27-47-37(42)12-11-25-41/h13-25H,1,3-12,26-29H2,2H3. The van der Waals surface area contributed by atoms with Crippen LogP contribution < -0.4 is 9.47 Å². The van der Waals surface area contributed by atoms with E-state index in [-0.39, 0.29) is 24.8 Å². The number of ether oxygens (including phenoxy) is 5. The second-order valence-corrected chi connectivity index (χ2v) is 11.7. The van der Waals surface area contributed by atoms with Crippen LogP contribution in [0.4, 0.5) is 0 Å². The number of esters is 4. The molecule has 0 bridgehead atoms. The Morgan fingerprint density at radius 2 is 1.06 bits per heavy atom. The summed E-state index contributed by atoms with van der Waals surface area (Å²) < 4.78 is 26.8. The van der Waals surface area contributed by atoms with Crippen LogP contribution in [0.1, 0.15) is 91.8 Å². The van der Waals surface area contributed by atoms with E-state index in [1.807, 2.05) is 24.3 Å². The minimum Gasteiger partial charge on any atom is -0.494 e. The fourth-order valence-electron chi connectivity index (χ4n) is 4.64. The maximum atomic E-state index is 12.7. The zero-order valence-corrected chi connectivity index (χ0v) is 28.7. The van der Waals surface area contributed by atoms with E-state index < -0.39 is 11.9 Å². The molecule has 0 saturated carbocycles. The number of benzene rings is 3. The Labute approximate surface area is 293 Å². The quantitative estimate of drug-likeness (QED) is 0.0242. The largest absolute Gasteiger partial charge is 0.494 e. The number of carbonyl (C=O) groups is 5. The average molecular weight is 687 g/mol. The Hall–Kier alpha value is -5.25. The van der Waals surface area contributed by atoms with Crippen molar-refractivity contribution in [1.29, 1.82) is 0 Å². The molecule has 0 aliphatic heterocycles. The number of unbranched alkanes of at least 4 members (excludes halogenated alkanes) is 6. The van der Waals surface area contributed by atoms with Gasteiger partial charge in [-0.15, -0.1) is 0 Å². The van der Waals surface area contributed by atoms with E-state index in [1.54, 1.807) is 55.5 Å². The van der Waals surface area contributed by atoms with Gasteiger partial charge in [0.1, 0.15) is 17.8 Å². The Morgan fingerprint density at radius 3 is 1.64 bits per heavy atom. The second-order valence-electron chi connectivity index (χ2n) is 11.7. The van der Waals surface area contributed by atoms with Gasteiger partial charge in [-0.25, -0.2) is 14.4 Å². The molecule has 0 heterocycles.